The monoisotopic (exact) mass is 289 g/mol. The summed E-state index contributed by atoms with van der Waals surface area (Å²) in [6.07, 6.45) is 4.69. The summed E-state index contributed by atoms with van der Waals surface area (Å²) in [5, 5.41) is 12.2. The van der Waals surface area contributed by atoms with E-state index >= 15 is 0 Å². The third-order valence-electron chi connectivity index (χ3n) is 3.53. The molecule has 1 saturated carbocycles. The molecule has 106 valence electrons. The maximum Gasteiger partial charge on any atom is 0.231 e. The number of rotatable bonds is 4. The lowest BCUT2D eigenvalue weighted by Crippen LogP contribution is -2.49. The number of carbonyl (C=O) groups excluding carboxylic acids is 1. The Bertz CT molecular complexity index is 518. The first-order chi connectivity index (χ1) is 9.63. The van der Waals surface area contributed by atoms with E-state index in [1.54, 1.807) is 0 Å². The Kier molecular flexibility index (Phi) is 4.91. The van der Waals surface area contributed by atoms with E-state index in [4.69, 9.17) is 5.73 Å². The lowest BCUT2D eigenvalue weighted by atomic mass is 9.83. The second-order valence-electron chi connectivity index (χ2n) is 5.16. The molecule has 2 rings (SSSR count). The van der Waals surface area contributed by atoms with Gasteiger partial charge in [-0.1, -0.05) is 25.3 Å². The smallest absolute Gasteiger partial charge is 0.231 e. The first-order valence-electron chi connectivity index (χ1n) is 6.84. The number of anilines is 1. The van der Waals surface area contributed by atoms with Crippen molar-refractivity contribution in [2.24, 2.45) is 0 Å². The minimum Gasteiger partial charge on any atom is -0.399 e. The first-order valence-corrected chi connectivity index (χ1v) is 7.83. The molecule has 0 atom stereocenters. The first kappa shape index (κ1) is 14.7. The van der Waals surface area contributed by atoms with Crippen molar-refractivity contribution in [3.05, 3.63) is 24.3 Å². The molecule has 1 fully saturated rings. The molecule has 1 aliphatic rings. The minimum atomic E-state index is -0.647. The summed E-state index contributed by atoms with van der Waals surface area (Å²) in [7, 11) is 0. The number of nitriles is 1. The fraction of sp³-hybridized carbons (Fsp3) is 0.467. The van der Waals surface area contributed by atoms with Gasteiger partial charge >= 0.3 is 0 Å². The molecule has 0 spiro atoms. The van der Waals surface area contributed by atoms with Gasteiger partial charge in [-0.3, -0.25) is 4.79 Å². The number of nitrogens with one attached hydrogen (secondary N) is 1. The fourth-order valence-electron chi connectivity index (χ4n) is 2.48. The third kappa shape index (κ3) is 3.91. The van der Waals surface area contributed by atoms with Crippen LogP contribution in [-0.2, 0) is 4.79 Å². The molecule has 1 amide bonds. The molecular weight excluding hydrogens is 270 g/mol. The highest BCUT2D eigenvalue weighted by atomic mass is 32.2. The second kappa shape index (κ2) is 6.67. The van der Waals surface area contributed by atoms with Gasteiger partial charge < -0.3 is 11.1 Å². The zero-order valence-electron chi connectivity index (χ0n) is 11.4. The van der Waals surface area contributed by atoms with Crippen molar-refractivity contribution < 1.29 is 4.79 Å². The van der Waals surface area contributed by atoms with Gasteiger partial charge in [-0.25, -0.2) is 0 Å². The van der Waals surface area contributed by atoms with Crippen LogP contribution < -0.4 is 11.1 Å². The van der Waals surface area contributed by atoms with Gasteiger partial charge in [0.2, 0.25) is 5.91 Å². The van der Waals surface area contributed by atoms with Gasteiger partial charge in [-0.2, -0.15) is 5.26 Å². The SMILES string of the molecule is N#CC1(NC(=O)CSc2cccc(N)c2)CCCCC1. The van der Waals surface area contributed by atoms with E-state index < -0.39 is 5.54 Å². The van der Waals surface area contributed by atoms with E-state index in [2.05, 4.69) is 11.4 Å². The zero-order valence-corrected chi connectivity index (χ0v) is 12.2. The van der Waals surface area contributed by atoms with Gasteiger partial charge in [-0.05, 0) is 31.0 Å². The molecule has 4 nitrogen and oxygen atoms in total. The number of nitrogens with zero attached hydrogens (tertiary/aromatic N) is 1. The van der Waals surface area contributed by atoms with Crippen molar-refractivity contribution in [2.75, 3.05) is 11.5 Å². The highest BCUT2D eigenvalue weighted by Crippen LogP contribution is 2.28. The quantitative estimate of drug-likeness (QED) is 0.660. The zero-order chi connectivity index (χ0) is 14.4. The largest absolute Gasteiger partial charge is 0.399 e. The lowest BCUT2D eigenvalue weighted by molar-refractivity contribution is -0.120. The van der Waals surface area contributed by atoms with Crippen LogP contribution in [0.15, 0.2) is 29.2 Å². The average Bonchev–Trinajstić information content (AvgIpc) is 2.46. The minimum absolute atomic E-state index is 0.0825. The van der Waals surface area contributed by atoms with Crippen LogP contribution in [0.2, 0.25) is 0 Å². The van der Waals surface area contributed by atoms with E-state index in [0.717, 1.165) is 37.0 Å². The predicted octanol–water partition coefficient (Wildman–Crippen LogP) is 2.70. The molecule has 1 aliphatic carbocycles. The molecule has 3 N–H and O–H groups in total. The Balaban J connectivity index is 1.87. The number of thioether (sulfide) groups is 1. The maximum atomic E-state index is 12.0. The van der Waals surface area contributed by atoms with Crippen LogP contribution in [0.4, 0.5) is 5.69 Å². The third-order valence-corrected chi connectivity index (χ3v) is 4.52. The molecule has 0 bridgehead atoms. The van der Waals surface area contributed by atoms with Gasteiger partial charge in [0.25, 0.3) is 0 Å². The maximum absolute atomic E-state index is 12.0. The van der Waals surface area contributed by atoms with E-state index in [0.29, 0.717) is 11.4 Å². The van der Waals surface area contributed by atoms with Crippen molar-refractivity contribution >= 4 is 23.4 Å². The van der Waals surface area contributed by atoms with Crippen molar-refractivity contribution in [1.29, 1.82) is 5.26 Å². The Morgan fingerprint density at radius 2 is 2.15 bits per heavy atom. The Hall–Kier alpha value is -1.67. The molecule has 5 heteroatoms. The molecule has 1 aromatic rings. The van der Waals surface area contributed by atoms with Crippen molar-refractivity contribution in [3.63, 3.8) is 0 Å². The van der Waals surface area contributed by atoms with Gasteiger partial charge in [0.05, 0.1) is 11.8 Å². The topological polar surface area (TPSA) is 78.9 Å². The molecule has 20 heavy (non-hydrogen) atoms. The van der Waals surface area contributed by atoms with Crippen LogP contribution in [0.25, 0.3) is 0 Å². The molecule has 0 heterocycles. The van der Waals surface area contributed by atoms with Gasteiger partial charge in [-0.15, -0.1) is 11.8 Å². The predicted molar refractivity (Wildman–Crippen MR) is 81.2 cm³/mol. The number of carbonyl (C=O) groups is 1. The summed E-state index contributed by atoms with van der Waals surface area (Å²) >= 11 is 1.44. The number of benzene rings is 1. The summed E-state index contributed by atoms with van der Waals surface area (Å²) < 4.78 is 0. The fourth-order valence-corrected chi connectivity index (χ4v) is 3.24. The Labute approximate surface area is 123 Å². The molecule has 0 radical (unpaired) electrons. The van der Waals surface area contributed by atoms with Crippen LogP contribution in [0.3, 0.4) is 0 Å². The number of nitrogens with two attached hydrogens (primary N) is 1. The number of hydrogen-bond donors (Lipinski definition) is 2. The van der Waals surface area contributed by atoms with E-state index in [-0.39, 0.29) is 5.91 Å². The van der Waals surface area contributed by atoms with Crippen LogP contribution >= 0.6 is 11.8 Å². The highest BCUT2D eigenvalue weighted by molar-refractivity contribution is 8.00. The molecule has 0 unspecified atom stereocenters. The summed E-state index contributed by atoms with van der Waals surface area (Å²) in [5.41, 5.74) is 5.74. The Morgan fingerprint density at radius 1 is 1.40 bits per heavy atom. The second-order valence-corrected chi connectivity index (χ2v) is 6.21. The average molecular weight is 289 g/mol. The van der Waals surface area contributed by atoms with Crippen molar-refractivity contribution in [3.8, 4) is 6.07 Å². The van der Waals surface area contributed by atoms with E-state index in [1.165, 1.54) is 11.8 Å². The molecule has 0 aliphatic heterocycles. The number of hydrogen-bond acceptors (Lipinski definition) is 4. The van der Waals surface area contributed by atoms with Crippen LogP contribution in [-0.4, -0.2) is 17.2 Å². The summed E-state index contributed by atoms with van der Waals surface area (Å²) in [6, 6.07) is 9.75. The number of amides is 1. The Morgan fingerprint density at radius 3 is 2.80 bits per heavy atom. The number of nitrogen functional groups attached to an aromatic ring is 1. The summed E-state index contributed by atoms with van der Waals surface area (Å²) in [5.74, 6) is 0.230. The summed E-state index contributed by atoms with van der Waals surface area (Å²) in [6.45, 7) is 0. The van der Waals surface area contributed by atoms with Gasteiger partial charge in [0.15, 0.2) is 0 Å². The van der Waals surface area contributed by atoms with Crippen LogP contribution in [0.5, 0.6) is 0 Å². The molecule has 0 aromatic heterocycles. The summed E-state index contributed by atoms with van der Waals surface area (Å²) in [4.78, 5) is 13.0. The van der Waals surface area contributed by atoms with E-state index in [1.807, 2.05) is 24.3 Å². The highest BCUT2D eigenvalue weighted by Gasteiger charge is 2.33. The van der Waals surface area contributed by atoms with Crippen molar-refractivity contribution in [2.45, 2.75) is 42.5 Å². The van der Waals surface area contributed by atoms with Gasteiger partial charge in [0, 0.05) is 10.6 Å². The molecule has 0 saturated heterocycles. The molecular formula is C15H19N3OS. The van der Waals surface area contributed by atoms with Gasteiger partial charge in [0.1, 0.15) is 5.54 Å². The lowest BCUT2D eigenvalue weighted by Gasteiger charge is -2.31. The van der Waals surface area contributed by atoms with Crippen LogP contribution in [0.1, 0.15) is 32.1 Å². The molecule has 1 aromatic carbocycles. The van der Waals surface area contributed by atoms with Crippen molar-refractivity contribution in [1.82, 2.24) is 5.32 Å². The van der Waals surface area contributed by atoms with E-state index in [9.17, 15) is 10.1 Å². The normalized spacial score (nSPS) is 17.1. The standard InChI is InChI=1S/C15H19N3OS/c16-11-15(7-2-1-3-8-15)18-14(19)10-20-13-6-4-5-12(17)9-13/h4-6,9H,1-3,7-8,10,17H2,(H,18,19). The van der Waals surface area contributed by atoms with Crippen LogP contribution in [0, 0.1) is 11.3 Å².